The van der Waals surface area contributed by atoms with Crippen molar-refractivity contribution in [3.63, 3.8) is 0 Å². The zero-order valence-electron chi connectivity index (χ0n) is 9.99. The summed E-state index contributed by atoms with van der Waals surface area (Å²) in [6, 6.07) is 6.36. The van der Waals surface area contributed by atoms with Gasteiger partial charge in [0.1, 0.15) is 11.6 Å². The van der Waals surface area contributed by atoms with Crippen LogP contribution in [0.15, 0.2) is 24.3 Å². The first-order valence-electron chi connectivity index (χ1n) is 6.22. The molecule has 1 saturated heterocycles. The van der Waals surface area contributed by atoms with Crippen LogP contribution in [-0.2, 0) is 0 Å². The van der Waals surface area contributed by atoms with Gasteiger partial charge in [-0.05, 0) is 38.1 Å². The minimum Gasteiger partial charge on any atom is -0.317 e. The van der Waals surface area contributed by atoms with Gasteiger partial charge in [0.25, 0.3) is 0 Å². The lowest BCUT2D eigenvalue weighted by Gasteiger charge is -2.19. The van der Waals surface area contributed by atoms with Crippen molar-refractivity contribution in [2.45, 2.75) is 18.8 Å². The molecule has 0 unspecified atom stereocenters. The second-order valence-corrected chi connectivity index (χ2v) is 4.58. The van der Waals surface area contributed by atoms with Gasteiger partial charge in [0.05, 0.1) is 0 Å². The summed E-state index contributed by atoms with van der Waals surface area (Å²) in [7, 11) is 0. The molecule has 1 aromatic carbocycles. The minimum absolute atomic E-state index is 0.263. The van der Waals surface area contributed by atoms with Crippen LogP contribution >= 0.6 is 0 Å². The van der Waals surface area contributed by atoms with Crippen molar-refractivity contribution in [3.8, 4) is 11.4 Å². The molecular weight excluding hydrogens is 231 g/mol. The van der Waals surface area contributed by atoms with E-state index >= 15 is 0 Å². The summed E-state index contributed by atoms with van der Waals surface area (Å²) in [5.41, 5.74) is 0.714. The lowest BCUT2D eigenvalue weighted by molar-refractivity contribution is 0.446. The van der Waals surface area contributed by atoms with Crippen molar-refractivity contribution in [1.29, 1.82) is 0 Å². The maximum absolute atomic E-state index is 13.1. The van der Waals surface area contributed by atoms with Crippen molar-refractivity contribution in [3.05, 3.63) is 35.9 Å². The number of aromatic nitrogens is 3. The molecule has 0 spiro atoms. The smallest absolute Gasteiger partial charge is 0.181 e. The Hall–Kier alpha value is -1.75. The van der Waals surface area contributed by atoms with Crippen molar-refractivity contribution in [1.82, 2.24) is 20.5 Å². The van der Waals surface area contributed by atoms with E-state index in [1.54, 1.807) is 6.07 Å². The van der Waals surface area contributed by atoms with E-state index in [0.717, 1.165) is 31.8 Å². The summed E-state index contributed by atoms with van der Waals surface area (Å²) in [6.45, 7) is 2.03. The highest BCUT2D eigenvalue weighted by atomic mass is 19.1. The fourth-order valence-corrected chi connectivity index (χ4v) is 2.31. The van der Waals surface area contributed by atoms with Gasteiger partial charge in [-0.3, -0.25) is 5.10 Å². The third-order valence-electron chi connectivity index (χ3n) is 3.31. The van der Waals surface area contributed by atoms with Gasteiger partial charge in [0.2, 0.25) is 0 Å². The van der Waals surface area contributed by atoms with Gasteiger partial charge >= 0.3 is 0 Å². The molecule has 18 heavy (non-hydrogen) atoms. The molecule has 1 aliphatic heterocycles. The molecule has 0 bridgehead atoms. The Morgan fingerprint density at radius 3 is 2.83 bits per heavy atom. The highest BCUT2D eigenvalue weighted by Crippen LogP contribution is 2.24. The lowest BCUT2D eigenvalue weighted by atomic mass is 9.98. The summed E-state index contributed by atoms with van der Waals surface area (Å²) in [4.78, 5) is 4.48. The number of halogens is 1. The molecule has 3 rings (SSSR count). The number of benzene rings is 1. The van der Waals surface area contributed by atoms with Gasteiger partial charge in [0.15, 0.2) is 5.82 Å². The molecule has 0 aliphatic carbocycles. The summed E-state index contributed by atoms with van der Waals surface area (Å²) >= 11 is 0. The van der Waals surface area contributed by atoms with E-state index in [9.17, 15) is 4.39 Å². The molecule has 0 amide bonds. The average Bonchev–Trinajstić information content (AvgIpc) is 2.89. The Bertz CT molecular complexity index is 531. The Kier molecular flexibility index (Phi) is 3.06. The van der Waals surface area contributed by atoms with Crippen molar-refractivity contribution in [2.75, 3.05) is 13.1 Å². The van der Waals surface area contributed by atoms with Crippen LogP contribution in [0.5, 0.6) is 0 Å². The van der Waals surface area contributed by atoms with Crippen LogP contribution in [0, 0.1) is 5.82 Å². The predicted octanol–water partition coefficient (Wildman–Crippen LogP) is 2.08. The molecule has 0 radical (unpaired) electrons. The van der Waals surface area contributed by atoms with E-state index in [4.69, 9.17) is 0 Å². The third-order valence-corrected chi connectivity index (χ3v) is 3.31. The van der Waals surface area contributed by atoms with Crippen LogP contribution < -0.4 is 5.32 Å². The second kappa shape index (κ2) is 4.86. The molecular formula is C13H15FN4. The number of rotatable bonds is 2. The van der Waals surface area contributed by atoms with Crippen LogP contribution in [-0.4, -0.2) is 28.3 Å². The molecule has 5 heteroatoms. The summed E-state index contributed by atoms with van der Waals surface area (Å²) in [5.74, 6) is 1.65. The zero-order valence-corrected chi connectivity index (χ0v) is 9.99. The number of hydrogen-bond donors (Lipinski definition) is 2. The van der Waals surface area contributed by atoms with Crippen LogP contribution in [0.25, 0.3) is 11.4 Å². The van der Waals surface area contributed by atoms with Gasteiger partial charge in [-0.25, -0.2) is 9.37 Å². The Balaban J connectivity index is 1.84. The number of piperidine rings is 1. The highest BCUT2D eigenvalue weighted by molar-refractivity contribution is 5.54. The van der Waals surface area contributed by atoms with E-state index < -0.39 is 0 Å². The standard InChI is InChI=1S/C13H15FN4/c14-11-3-1-2-10(8-11)13-16-12(17-18-13)9-4-6-15-7-5-9/h1-3,8-9,15H,4-7H2,(H,16,17,18). The molecule has 1 aliphatic rings. The van der Waals surface area contributed by atoms with Crippen molar-refractivity contribution < 1.29 is 4.39 Å². The normalized spacial score (nSPS) is 16.9. The molecule has 2 aromatic rings. The molecule has 0 atom stereocenters. The molecule has 4 nitrogen and oxygen atoms in total. The maximum atomic E-state index is 13.1. The molecule has 1 aromatic heterocycles. The van der Waals surface area contributed by atoms with Crippen LogP contribution in [0.3, 0.4) is 0 Å². The second-order valence-electron chi connectivity index (χ2n) is 4.58. The lowest BCUT2D eigenvalue weighted by Crippen LogP contribution is -2.27. The van der Waals surface area contributed by atoms with Crippen molar-refractivity contribution >= 4 is 0 Å². The first-order valence-corrected chi connectivity index (χ1v) is 6.22. The van der Waals surface area contributed by atoms with Crippen molar-refractivity contribution in [2.24, 2.45) is 0 Å². The van der Waals surface area contributed by atoms with Gasteiger partial charge in [-0.1, -0.05) is 12.1 Å². The average molecular weight is 246 g/mol. The first kappa shape index (κ1) is 11.3. The molecule has 0 saturated carbocycles. The van der Waals surface area contributed by atoms with E-state index in [2.05, 4.69) is 20.5 Å². The molecule has 1 fully saturated rings. The van der Waals surface area contributed by atoms with E-state index in [-0.39, 0.29) is 5.82 Å². The fourth-order valence-electron chi connectivity index (χ4n) is 2.31. The van der Waals surface area contributed by atoms with Gasteiger partial charge in [-0.15, -0.1) is 0 Å². The summed E-state index contributed by atoms with van der Waals surface area (Å²) < 4.78 is 13.1. The quantitative estimate of drug-likeness (QED) is 0.853. The highest BCUT2D eigenvalue weighted by Gasteiger charge is 2.19. The summed E-state index contributed by atoms with van der Waals surface area (Å²) in [6.07, 6.45) is 2.13. The number of aromatic amines is 1. The number of H-pyrrole nitrogens is 1. The number of nitrogens with one attached hydrogen (secondary N) is 2. The third kappa shape index (κ3) is 2.26. The van der Waals surface area contributed by atoms with Crippen LogP contribution in [0.1, 0.15) is 24.6 Å². The largest absolute Gasteiger partial charge is 0.317 e. The molecule has 2 heterocycles. The summed E-state index contributed by atoms with van der Waals surface area (Å²) in [5, 5.41) is 10.5. The van der Waals surface area contributed by atoms with Crippen LogP contribution in [0.4, 0.5) is 4.39 Å². The minimum atomic E-state index is -0.263. The van der Waals surface area contributed by atoms with Crippen LogP contribution in [0.2, 0.25) is 0 Å². The van der Waals surface area contributed by atoms with Gasteiger partial charge < -0.3 is 5.32 Å². The Morgan fingerprint density at radius 1 is 1.22 bits per heavy atom. The first-order chi connectivity index (χ1) is 8.83. The van der Waals surface area contributed by atoms with E-state index in [1.165, 1.54) is 12.1 Å². The topological polar surface area (TPSA) is 53.6 Å². The van der Waals surface area contributed by atoms with Gasteiger partial charge in [-0.2, -0.15) is 5.10 Å². The fraction of sp³-hybridized carbons (Fsp3) is 0.385. The number of hydrogen-bond acceptors (Lipinski definition) is 3. The zero-order chi connectivity index (χ0) is 12.4. The monoisotopic (exact) mass is 246 g/mol. The SMILES string of the molecule is Fc1cccc(-c2n[nH]c(C3CCNCC3)n2)c1. The molecule has 2 N–H and O–H groups in total. The van der Waals surface area contributed by atoms with E-state index in [0.29, 0.717) is 17.3 Å². The van der Waals surface area contributed by atoms with Gasteiger partial charge in [0, 0.05) is 11.5 Å². The number of nitrogens with zero attached hydrogens (tertiary/aromatic N) is 2. The Labute approximate surface area is 105 Å². The maximum Gasteiger partial charge on any atom is 0.181 e. The van der Waals surface area contributed by atoms with E-state index in [1.807, 2.05) is 6.07 Å². The molecule has 94 valence electrons. The predicted molar refractivity (Wildman–Crippen MR) is 66.6 cm³/mol. The Morgan fingerprint density at radius 2 is 2.06 bits per heavy atom.